The quantitative estimate of drug-likeness (QED) is 0.850. The van der Waals surface area contributed by atoms with Crippen molar-refractivity contribution in [2.45, 2.75) is 45.4 Å². The number of aryl methyl sites for hydroxylation is 2. The molecule has 5 nitrogen and oxygen atoms in total. The smallest absolute Gasteiger partial charge is 0.227 e. The Morgan fingerprint density at radius 1 is 1.32 bits per heavy atom. The lowest BCUT2D eigenvalue weighted by Gasteiger charge is -2.16. The van der Waals surface area contributed by atoms with Crippen LogP contribution >= 0.6 is 0 Å². The number of carbonyl (C=O) groups is 1. The van der Waals surface area contributed by atoms with Gasteiger partial charge in [0.25, 0.3) is 0 Å². The summed E-state index contributed by atoms with van der Waals surface area (Å²) in [5, 5.41) is 3.94. The first-order valence-electron chi connectivity index (χ1n) is 7.87. The van der Waals surface area contributed by atoms with Crippen LogP contribution in [-0.4, -0.2) is 22.6 Å². The number of amides is 1. The number of aromatic nitrogens is 2. The SMILES string of the molecule is CCCCc1ccc(N2CC(c3noc(C)n3)CC2=O)cc1. The van der Waals surface area contributed by atoms with E-state index in [4.69, 9.17) is 4.52 Å². The zero-order valence-electron chi connectivity index (χ0n) is 13.1. The molecule has 1 aliphatic rings. The second kappa shape index (κ2) is 6.30. The first-order valence-corrected chi connectivity index (χ1v) is 7.87. The van der Waals surface area contributed by atoms with E-state index in [2.05, 4.69) is 29.2 Å². The van der Waals surface area contributed by atoms with Crippen LogP contribution in [0.15, 0.2) is 28.8 Å². The van der Waals surface area contributed by atoms with E-state index in [1.807, 2.05) is 17.0 Å². The first-order chi connectivity index (χ1) is 10.7. The molecule has 1 amide bonds. The molecule has 0 spiro atoms. The van der Waals surface area contributed by atoms with E-state index in [0.717, 1.165) is 12.1 Å². The van der Waals surface area contributed by atoms with E-state index in [9.17, 15) is 4.79 Å². The van der Waals surface area contributed by atoms with Crippen molar-refractivity contribution in [2.24, 2.45) is 0 Å². The third kappa shape index (κ3) is 3.03. The highest BCUT2D eigenvalue weighted by Crippen LogP contribution is 2.30. The van der Waals surface area contributed by atoms with E-state index in [1.54, 1.807) is 6.92 Å². The maximum Gasteiger partial charge on any atom is 0.227 e. The van der Waals surface area contributed by atoms with Crippen molar-refractivity contribution in [1.82, 2.24) is 10.1 Å². The van der Waals surface area contributed by atoms with Crippen LogP contribution < -0.4 is 4.90 Å². The van der Waals surface area contributed by atoms with Gasteiger partial charge in [-0.3, -0.25) is 4.79 Å². The molecular formula is C17H21N3O2. The van der Waals surface area contributed by atoms with Crippen molar-refractivity contribution < 1.29 is 9.32 Å². The Morgan fingerprint density at radius 3 is 2.73 bits per heavy atom. The summed E-state index contributed by atoms with van der Waals surface area (Å²) < 4.78 is 5.02. The van der Waals surface area contributed by atoms with Crippen LogP contribution in [0.4, 0.5) is 5.69 Å². The van der Waals surface area contributed by atoms with Crippen LogP contribution in [0.2, 0.25) is 0 Å². The summed E-state index contributed by atoms with van der Waals surface area (Å²) in [7, 11) is 0. The van der Waals surface area contributed by atoms with Gasteiger partial charge < -0.3 is 9.42 Å². The molecule has 5 heteroatoms. The van der Waals surface area contributed by atoms with Crippen molar-refractivity contribution in [3.05, 3.63) is 41.5 Å². The van der Waals surface area contributed by atoms with Gasteiger partial charge in [-0.15, -0.1) is 0 Å². The van der Waals surface area contributed by atoms with E-state index < -0.39 is 0 Å². The Kier molecular flexibility index (Phi) is 4.22. The van der Waals surface area contributed by atoms with Crippen LogP contribution in [0.5, 0.6) is 0 Å². The van der Waals surface area contributed by atoms with Gasteiger partial charge in [0.2, 0.25) is 11.8 Å². The van der Waals surface area contributed by atoms with E-state index in [1.165, 1.54) is 18.4 Å². The average molecular weight is 299 g/mol. The Labute approximate surface area is 130 Å². The maximum atomic E-state index is 12.3. The van der Waals surface area contributed by atoms with E-state index in [-0.39, 0.29) is 11.8 Å². The summed E-state index contributed by atoms with van der Waals surface area (Å²) in [6.45, 7) is 4.57. The minimum absolute atomic E-state index is 0.0183. The number of benzene rings is 1. The highest BCUT2D eigenvalue weighted by atomic mass is 16.5. The number of carbonyl (C=O) groups excluding carboxylic acids is 1. The van der Waals surface area contributed by atoms with Gasteiger partial charge in [-0.05, 0) is 30.5 Å². The molecule has 1 saturated heterocycles. The zero-order chi connectivity index (χ0) is 15.5. The van der Waals surface area contributed by atoms with Gasteiger partial charge >= 0.3 is 0 Å². The van der Waals surface area contributed by atoms with Gasteiger partial charge in [-0.1, -0.05) is 30.6 Å². The summed E-state index contributed by atoms with van der Waals surface area (Å²) in [6, 6.07) is 8.30. The molecule has 2 aromatic rings. The molecule has 1 atom stereocenters. The summed E-state index contributed by atoms with van der Waals surface area (Å²) in [6.07, 6.45) is 3.92. The average Bonchev–Trinajstić information content (AvgIpc) is 3.12. The van der Waals surface area contributed by atoms with Crippen LogP contribution in [0, 0.1) is 6.92 Å². The monoisotopic (exact) mass is 299 g/mol. The molecule has 0 aliphatic carbocycles. The van der Waals surface area contributed by atoms with Gasteiger partial charge in [-0.25, -0.2) is 0 Å². The first kappa shape index (κ1) is 14.8. The fourth-order valence-corrected chi connectivity index (χ4v) is 2.83. The molecule has 1 aliphatic heterocycles. The Bertz CT molecular complexity index is 648. The van der Waals surface area contributed by atoms with Crippen molar-refractivity contribution in [1.29, 1.82) is 0 Å². The number of hydrogen-bond donors (Lipinski definition) is 0. The lowest BCUT2D eigenvalue weighted by atomic mass is 10.1. The van der Waals surface area contributed by atoms with Crippen molar-refractivity contribution >= 4 is 11.6 Å². The van der Waals surface area contributed by atoms with Crippen molar-refractivity contribution in [2.75, 3.05) is 11.4 Å². The number of unbranched alkanes of at least 4 members (excludes halogenated alkanes) is 1. The zero-order valence-corrected chi connectivity index (χ0v) is 13.1. The lowest BCUT2D eigenvalue weighted by molar-refractivity contribution is -0.117. The minimum atomic E-state index is 0.0183. The predicted molar refractivity (Wildman–Crippen MR) is 83.8 cm³/mol. The number of nitrogens with zero attached hydrogens (tertiary/aromatic N) is 3. The van der Waals surface area contributed by atoms with Gasteiger partial charge in [0.15, 0.2) is 5.82 Å². The second-order valence-corrected chi connectivity index (χ2v) is 5.85. The molecule has 0 radical (unpaired) electrons. The highest BCUT2D eigenvalue weighted by molar-refractivity contribution is 5.96. The molecule has 2 heterocycles. The molecule has 22 heavy (non-hydrogen) atoms. The molecule has 0 N–H and O–H groups in total. The third-order valence-corrected chi connectivity index (χ3v) is 4.10. The summed E-state index contributed by atoms with van der Waals surface area (Å²) >= 11 is 0. The second-order valence-electron chi connectivity index (χ2n) is 5.85. The Balaban J connectivity index is 1.71. The molecule has 1 aromatic heterocycles. The molecule has 3 rings (SSSR count). The van der Waals surface area contributed by atoms with Gasteiger partial charge in [0.05, 0.1) is 0 Å². The van der Waals surface area contributed by atoms with Crippen LogP contribution in [0.1, 0.15) is 49.4 Å². The fraction of sp³-hybridized carbons (Fsp3) is 0.471. The standard InChI is InChI=1S/C17H21N3O2/c1-3-4-5-13-6-8-15(9-7-13)20-11-14(10-16(20)21)17-18-12(2)22-19-17/h6-9,14H,3-5,10-11H2,1-2H3. The Hall–Kier alpha value is -2.17. The summed E-state index contributed by atoms with van der Waals surface area (Å²) in [5.41, 5.74) is 2.27. The fourth-order valence-electron chi connectivity index (χ4n) is 2.83. The lowest BCUT2D eigenvalue weighted by Crippen LogP contribution is -2.24. The van der Waals surface area contributed by atoms with Crippen molar-refractivity contribution in [3.8, 4) is 0 Å². The largest absolute Gasteiger partial charge is 0.340 e. The molecular weight excluding hydrogens is 278 g/mol. The predicted octanol–water partition coefficient (Wildman–Crippen LogP) is 3.24. The van der Waals surface area contributed by atoms with Crippen molar-refractivity contribution in [3.63, 3.8) is 0 Å². The van der Waals surface area contributed by atoms with Crippen LogP contribution in [0.25, 0.3) is 0 Å². The minimum Gasteiger partial charge on any atom is -0.340 e. The number of hydrogen-bond acceptors (Lipinski definition) is 4. The van der Waals surface area contributed by atoms with Crippen LogP contribution in [-0.2, 0) is 11.2 Å². The van der Waals surface area contributed by atoms with E-state index >= 15 is 0 Å². The third-order valence-electron chi connectivity index (χ3n) is 4.10. The Morgan fingerprint density at radius 2 is 2.09 bits per heavy atom. The summed E-state index contributed by atoms with van der Waals surface area (Å²) in [5.74, 6) is 1.31. The molecule has 1 unspecified atom stereocenters. The number of anilines is 1. The number of rotatable bonds is 5. The van der Waals surface area contributed by atoms with E-state index in [0.29, 0.717) is 24.7 Å². The maximum absolute atomic E-state index is 12.3. The van der Waals surface area contributed by atoms with Gasteiger partial charge in [0.1, 0.15) is 0 Å². The molecule has 116 valence electrons. The topological polar surface area (TPSA) is 59.2 Å². The molecule has 0 saturated carbocycles. The molecule has 1 fully saturated rings. The van der Waals surface area contributed by atoms with Gasteiger partial charge in [0, 0.05) is 31.5 Å². The molecule has 0 bridgehead atoms. The highest BCUT2D eigenvalue weighted by Gasteiger charge is 2.34. The normalized spacial score (nSPS) is 18.2. The summed E-state index contributed by atoms with van der Waals surface area (Å²) in [4.78, 5) is 18.3. The molecule has 1 aromatic carbocycles. The van der Waals surface area contributed by atoms with Crippen LogP contribution in [0.3, 0.4) is 0 Å². The van der Waals surface area contributed by atoms with Gasteiger partial charge in [-0.2, -0.15) is 4.98 Å².